The second kappa shape index (κ2) is 3.54. The lowest BCUT2D eigenvalue weighted by Gasteiger charge is -2.01. The number of nitrogens with zero attached hydrogens (tertiary/aromatic N) is 5. The second-order valence-corrected chi connectivity index (χ2v) is 3.69. The molecule has 0 amide bonds. The largest absolute Gasteiger partial charge is 0.381 e. The molecule has 6 nitrogen and oxygen atoms in total. The van der Waals surface area contributed by atoms with E-state index in [1.165, 1.54) is 0 Å². The third-order valence-corrected chi connectivity index (χ3v) is 2.52. The van der Waals surface area contributed by atoms with Crippen LogP contribution in [-0.4, -0.2) is 24.5 Å². The van der Waals surface area contributed by atoms with E-state index in [4.69, 9.17) is 17.3 Å². The molecule has 0 bridgehead atoms. The van der Waals surface area contributed by atoms with E-state index < -0.39 is 0 Å². The van der Waals surface area contributed by atoms with Gasteiger partial charge in [-0.2, -0.15) is 5.10 Å². The fourth-order valence-electron chi connectivity index (χ4n) is 1.23. The predicted molar refractivity (Wildman–Crippen MR) is 56.5 cm³/mol. The van der Waals surface area contributed by atoms with Crippen molar-refractivity contribution in [2.75, 3.05) is 5.73 Å². The summed E-state index contributed by atoms with van der Waals surface area (Å²) in [5.41, 5.74) is 5.53. The Bertz CT molecular complexity index is 466. The van der Waals surface area contributed by atoms with Crippen molar-refractivity contribution in [1.29, 1.82) is 0 Å². The molecule has 7 heteroatoms. The van der Waals surface area contributed by atoms with Crippen molar-refractivity contribution in [1.82, 2.24) is 24.5 Å². The van der Waals surface area contributed by atoms with E-state index in [-0.39, 0.29) is 0 Å². The van der Waals surface area contributed by atoms with Crippen LogP contribution in [0, 0.1) is 6.92 Å². The van der Waals surface area contributed by atoms with E-state index in [1.54, 1.807) is 10.9 Å². The number of hydrogen-bond donors (Lipinski definition) is 1. The summed E-state index contributed by atoms with van der Waals surface area (Å²) in [6, 6.07) is 0. The van der Waals surface area contributed by atoms with Crippen LogP contribution in [0.2, 0.25) is 5.02 Å². The minimum absolute atomic E-state index is 0.329. The average molecular weight is 227 g/mol. The number of hydrogen-bond acceptors (Lipinski definition) is 4. The molecule has 0 atom stereocenters. The minimum Gasteiger partial charge on any atom is -0.381 e. The third-order valence-electron chi connectivity index (χ3n) is 2.23. The number of anilines is 1. The van der Waals surface area contributed by atoms with E-state index in [9.17, 15) is 0 Å². The highest BCUT2D eigenvalue weighted by molar-refractivity contribution is 6.32. The molecule has 2 heterocycles. The van der Waals surface area contributed by atoms with Gasteiger partial charge in [-0.05, 0) is 6.92 Å². The van der Waals surface area contributed by atoms with Crippen LogP contribution in [0.1, 0.15) is 11.6 Å². The maximum absolute atomic E-state index is 5.79. The topological polar surface area (TPSA) is 74.6 Å². The lowest BCUT2D eigenvalue weighted by Crippen LogP contribution is -2.07. The first-order chi connectivity index (χ1) is 7.08. The van der Waals surface area contributed by atoms with Gasteiger partial charge in [-0.1, -0.05) is 11.6 Å². The van der Waals surface area contributed by atoms with Gasteiger partial charge in [0, 0.05) is 13.2 Å². The van der Waals surface area contributed by atoms with Gasteiger partial charge in [0.15, 0.2) is 11.6 Å². The van der Waals surface area contributed by atoms with Crippen molar-refractivity contribution in [2.45, 2.75) is 13.5 Å². The van der Waals surface area contributed by atoms with Gasteiger partial charge in [-0.25, -0.2) is 0 Å². The average Bonchev–Trinajstić information content (AvgIpc) is 2.65. The zero-order chi connectivity index (χ0) is 11.0. The smallest absolute Gasteiger partial charge is 0.164 e. The van der Waals surface area contributed by atoms with Gasteiger partial charge in [0.05, 0.1) is 0 Å². The summed E-state index contributed by atoms with van der Waals surface area (Å²) < 4.78 is 3.53. The van der Waals surface area contributed by atoms with Crippen LogP contribution in [-0.2, 0) is 13.6 Å². The first kappa shape index (κ1) is 9.97. The molecule has 15 heavy (non-hydrogen) atoms. The molecule has 80 valence electrons. The Kier molecular flexibility index (Phi) is 2.36. The normalized spacial score (nSPS) is 10.9. The Hall–Kier alpha value is -1.56. The minimum atomic E-state index is 0.329. The summed E-state index contributed by atoms with van der Waals surface area (Å²) in [6.07, 6.45) is 1.67. The van der Waals surface area contributed by atoms with Crippen LogP contribution in [0.5, 0.6) is 0 Å². The fraction of sp³-hybridized carbons (Fsp3) is 0.375. The first-order valence-electron chi connectivity index (χ1n) is 4.41. The predicted octanol–water partition coefficient (Wildman–Crippen LogP) is 0.604. The summed E-state index contributed by atoms with van der Waals surface area (Å²) in [5, 5.41) is 12.5. The molecule has 0 spiro atoms. The fourth-order valence-corrected chi connectivity index (χ4v) is 1.38. The molecule has 0 aromatic carbocycles. The molecule has 0 unspecified atom stereocenters. The maximum Gasteiger partial charge on any atom is 0.164 e. The third kappa shape index (κ3) is 1.80. The van der Waals surface area contributed by atoms with Gasteiger partial charge < -0.3 is 10.3 Å². The highest BCUT2D eigenvalue weighted by atomic mass is 35.5. The van der Waals surface area contributed by atoms with Crippen molar-refractivity contribution >= 4 is 17.4 Å². The Morgan fingerprint density at radius 1 is 1.47 bits per heavy atom. The zero-order valence-corrected chi connectivity index (χ0v) is 9.23. The molecule has 2 aromatic heterocycles. The molecule has 0 radical (unpaired) electrons. The molecule has 2 rings (SSSR count). The second-order valence-electron chi connectivity index (χ2n) is 3.28. The van der Waals surface area contributed by atoms with Crippen LogP contribution < -0.4 is 5.73 Å². The Balaban J connectivity index is 2.25. The summed E-state index contributed by atoms with van der Waals surface area (Å²) in [4.78, 5) is 0. The van der Waals surface area contributed by atoms with Gasteiger partial charge in [0.25, 0.3) is 0 Å². The van der Waals surface area contributed by atoms with Gasteiger partial charge in [0.2, 0.25) is 0 Å². The molecule has 2 N–H and O–H groups in total. The number of nitrogens with two attached hydrogens (primary N) is 1. The quantitative estimate of drug-likeness (QED) is 0.814. The molecular weight excluding hydrogens is 216 g/mol. The summed E-state index contributed by atoms with van der Waals surface area (Å²) >= 11 is 5.79. The number of rotatable bonds is 2. The molecule has 0 fully saturated rings. The zero-order valence-electron chi connectivity index (χ0n) is 8.48. The summed E-state index contributed by atoms with van der Waals surface area (Å²) in [6.45, 7) is 2.40. The van der Waals surface area contributed by atoms with Crippen LogP contribution in [0.25, 0.3) is 0 Å². The Morgan fingerprint density at radius 2 is 2.20 bits per heavy atom. The van der Waals surface area contributed by atoms with Crippen LogP contribution in [0.15, 0.2) is 6.20 Å². The number of nitrogen functional groups attached to an aromatic ring is 1. The molecule has 0 saturated heterocycles. The van der Waals surface area contributed by atoms with Gasteiger partial charge in [0.1, 0.15) is 17.4 Å². The Morgan fingerprint density at radius 3 is 2.67 bits per heavy atom. The van der Waals surface area contributed by atoms with Crippen molar-refractivity contribution in [3.8, 4) is 0 Å². The van der Waals surface area contributed by atoms with Crippen LogP contribution in [0.4, 0.5) is 5.82 Å². The monoisotopic (exact) mass is 226 g/mol. The van der Waals surface area contributed by atoms with E-state index >= 15 is 0 Å². The molecule has 2 aromatic rings. The lowest BCUT2D eigenvalue weighted by atomic mass is 10.5. The van der Waals surface area contributed by atoms with Crippen molar-refractivity contribution < 1.29 is 0 Å². The summed E-state index contributed by atoms with van der Waals surface area (Å²) in [7, 11) is 1.90. The molecule has 0 aliphatic heterocycles. The molecule has 0 aliphatic carbocycles. The van der Waals surface area contributed by atoms with E-state index in [0.717, 1.165) is 11.6 Å². The summed E-state index contributed by atoms with van der Waals surface area (Å²) in [5.74, 6) is 2.00. The van der Waals surface area contributed by atoms with E-state index in [2.05, 4.69) is 15.3 Å². The first-order valence-corrected chi connectivity index (χ1v) is 4.79. The SMILES string of the molecule is Cc1nnc(Cn2cc(Cl)c(N)n2)n1C. The highest BCUT2D eigenvalue weighted by Gasteiger charge is 2.08. The molecule has 0 saturated carbocycles. The van der Waals surface area contributed by atoms with Crippen molar-refractivity contribution in [3.63, 3.8) is 0 Å². The van der Waals surface area contributed by atoms with Crippen LogP contribution in [0.3, 0.4) is 0 Å². The number of halogens is 1. The highest BCUT2D eigenvalue weighted by Crippen LogP contribution is 2.15. The Labute approximate surface area is 91.7 Å². The van der Waals surface area contributed by atoms with Crippen molar-refractivity contribution in [3.05, 3.63) is 22.9 Å². The molecular formula is C8H11ClN6. The molecule has 0 aliphatic rings. The van der Waals surface area contributed by atoms with E-state index in [0.29, 0.717) is 17.4 Å². The van der Waals surface area contributed by atoms with Gasteiger partial charge in [-0.15, -0.1) is 10.2 Å². The van der Waals surface area contributed by atoms with E-state index in [1.807, 2.05) is 18.5 Å². The van der Waals surface area contributed by atoms with Crippen LogP contribution >= 0.6 is 11.6 Å². The number of aromatic nitrogens is 5. The standard InChI is InChI=1S/C8H11ClN6/c1-5-11-12-7(14(5)2)4-15-3-6(9)8(10)13-15/h3H,4H2,1-2H3,(H2,10,13). The van der Waals surface area contributed by atoms with Gasteiger partial charge in [-0.3, -0.25) is 4.68 Å². The number of aryl methyl sites for hydroxylation is 1. The maximum atomic E-state index is 5.79. The van der Waals surface area contributed by atoms with Gasteiger partial charge >= 0.3 is 0 Å². The lowest BCUT2D eigenvalue weighted by molar-refractivity contribution is 0.629. The van der Waals surface area contributed by atoms with Crippen molar-refractivity contribution in [2.24, 2.45) is 7.05 Å².